The molecule has 5 nitrogen and oxygen atoms in total. The molecule has 26 heavy (non-hydrogen) atoms. The van der Waals surface area contributed by atoms with Crippen molar-refractivity contribution in [2.75, 3.05) is 13.1 Å². The molecular formula is C21H30N2O3. The van der Waals surface area contributed by atoms with Gasteiger partial charge < -0.3 is 15.0 Å². The quantitative estimate of drug-likeness (QED) is 0.815. The smallest absolute Gasteiger partial charge is 0.225 e. The number of carbonyl (C=O) groups excluding carboxylic acids is 2. The van der Waals surface area contributed by atoms with Crippen LogP contribution < -0.4 is 5.32 Å². The summed E-state index contributed by atoms with van der Waals surface area (Å²) in [6, 6.07) is 8.15. The first-order chi connectivity index (χ1) is 12.5. The summed E-state index contributed by atoms with van der Waals surface area (Å²) in [6.45, 7) is 6.56. The van der Waals surface area contributed by atoms with Gasteiger partial charge in [0.25, 0.3) is 0 Å². The Bertz CT molecular complexity index is 623. The molecule has 1 aromatic rings. The van der Waals surface area contributed by atoms with Crippen LogP contribution in [0.2, 0.25) is 0 Å². The Balaban J connectivity index is 1.45. The zero-order valence-corrected chi connectivity index (χ0v) is 15.9. The third-order valence-electron chi connectivity index (χ3n) is 5.10. The molecule has 1 aromatic carbocycles. The summed E-state index contributed by atoms with van der Waals surface area (Å²) in [7, 11) is 0. The molecule has 5 heteroatoms. The molecule has 0 spiro atoms. The van der Waals surface area contributed by atoms with Crippen LogP contribution in [0.1, 0.15) is 50.7 Å². The van der Waals surface area contributed by atoms with Crippen LogP contribution in [0.3, 0.4) is 0 Å². The molecule has 2 aliphatic rings. The summed E-state index contributed by atoms with van der Waals surface area (Å²) in [5, 5.41) is 3.03. The van der Waals surface area contributed by atoms with Crippen molar-refractivity contribution in [1.82, 2.24) is 10.2 Å². The molecule has 0 unspecified atom stereocenters. The predicted molar refractivity (Wildman–Crippen MR) is 100 cm³/mol. The van der Waals surface area contributed by atoms with Gasteiger partial charge in [-0.1, -0.05) is 24.3 Å². The Morgan fingerprint density at radius 1 is 1.12 bits per heavy atom. The van der Waals surface area contributed by atoms with Crippen LogP contribution in [-0.4, -0.2) is 35.9 Å². The number of hydrogen-bond acceptors (Lipinski definition) is 3. The summed E-state index contributed by atoms with van der Waals surface area (Å²) >= 11 is 0. The average Bonchev–Trinajstić information content (AvgIpc) is 3.50. The first kappa shape index (κ1) is 18.9. The van der Waals surface area contributed by atoms with Gasteiger partial charge in [-0.3, -0.25) is 9.59 Å². The Morgan fingerprint density at radius 2 is 1.81 bits per heavy atom. The number of ether oxygens (including phenoxy) is 1. The van der Waals surface area contributed by atoms with Crippen LogP contribution in [0.4, 0.5) is 0 Å². The third kappa shape index (κ3) is 5.31. The summed E-state index contributed by atoms with van der Waals surface area (Å²) in [5.74, 6) is 0.465. The highest BCUT2D eigenvalue weighted by atomic mass is 16.5. The van der Waals surface area contributed by atoms with Gasteiger partial charge in [-0.15, -0.1) is 0 Å². The lowest BCUT2D eigenvalue weighted by molar-refractivity contribution is -0.136. The van der Waals surface area contributed by atoms with Crippen molar-refractivity contribution in [3.8, 4) is 0 Å². The summed E-state index contributed by atoms with van der Waals surface area (Å²) in [5.41, 5.74) is 2.21. The lowest BCUT2D eigenvalue weighted by Gasteiger charge is -2.32. The lowest BCUT2D eigenvalue weighted by atomic mass is 9.96. The van der Waals surface area contributed by atoms with E-state index in [1.807, 2.05) is 43.0 Å². The maximum absolute atomic E-state index is 12.5. The van der Waals surface area contributed by atoms with E-state index in [0.29, 0.717) is 19.7 Å². The summed E-state index contributed by atoms with van der Waals surface area (Å²) in [6.07, 6.45) is 4.04. The van der Waals surface area contributed by atoms with E-state index in [0.717, 1.165) is 43.4 Å². The van der Waals surface area contributed by atoms with Crippen LogP contribution in [0.25, 0.3) is 0 Å². The molecule has 0 aromatic heterocycles. The Kier molecular flexibility index (Phi) is 6.30. The minimum atomic E-state index is -0.0786. The standard InChI is InChI=1S/C21H30N2O3/c1-15(2)26-14-17-7-5-16(6-8-17)12-22-20(24)19-4-3-11-23(13-19)21(25)18-9-10-18/h5-8,15,18-19H,3-4,9-14H2,1-2H3,(H,22,24)/t19-/m0/s1. The van der Waals surface area contributed by atoms with E-state index in [4.69, 9.17) is 4.74 Å². The van der Waals surface area contributed by atoms with Crippen molar-refractivity contribution in [3.05, 3.63) is 35.4 Å². The Hall–Kier alpha value is -1.88. The van der Waals surface area contributed by atoms with Gasteiger partial charge >= 0.3 is 0 Å². The molecule has 1 heterocycles. The Labute approximate surface area is 156 Å². The number of nitrogens with one attached hydrogen (secondary N) is 1. The maximum atomic E-state index is 12.5. The minimum Gasteiger partial charge on any atom is -0.374 e. The lowest BCUT2D eigenvalue weighted by Crippen LogP contribution is -2.45. The molecule has 1 saturated heterocycles. The van der Waals surface area contributed by atoms with E-state index in [1.165, 1.54) is 0 Å². The van der Waals surface area contributed by atoms with Gasteiger partial charge in [0.05, 0.1) is 18.6 Å². The largest absolute Gasteiger partial charge is 0.374 e. The van der Waals surface area contributed by atoms with Gasteiger partial charge in [-0.2, -0.15) is 0 Å². The van der Waals surface area contributed by atoms with Crippen LogP contribution in [-0.2, 0) is 27.5 Å². The number of amides is 2. The van der Waals surface area contributed by atoms with Crippen molar-refractivity contribution >= 4 is 11.8 Å². The van der Waals surface area contributed by atoms with E-state index < -0.39 is 0 Å². The molecule has 1 aliphatic heterocycles. The molecule has 142 valence electrons. The van der Waals surface area contributed by atoms with Gasteiger partial charge in [0.15, 0.2) is 0 Å². The van der Waals surface area contributed by atoms with Crippen LogP contribution in [0, 0.1) is 11.8 Å². The molecule has 2 amide bonds. The number of benzene rings is 1. The van der Waals surface area contributed by atoms with E-state index in [1.54, 1.807) is 0 Å². The van der Waals surface area contributed by atoms with Gasteiger partial charge in [0, 0.05) is 25.6 Å². The second-order valence-electron chi connectivity index (χ2n) is 7.79. The number of rotatable bonds is 7. The van der Waals surface area contributed by atoms with Gasteiger partial charge in [0.1, 0.15) is 0 Å². The Morgan fingerprint density at radius 3 is 2.46 bits per heavy atom. The summed E-state index contributed by atoms with van der Waals surface area (Å²) in [4.78, 5) is 26.6. The fraction of sp³-hybridized carbons (Fsp3) is 0.619. The fourth-order valence-corrected chi connectivity index (χ4v) is 3.33. The second-order valence-corrected chi connectivity index (χ2v) is 7.79. The van der Waals surface area contributed by atoms with E-state index in [-0.39, 0.29) is 29.8 Å². The fourth-order valence-electron chi connectivity index (χ4n) is 3.33. The van der Waals surface area contributed by atoms with Gasteiger partial charge in [-0.25, -0.2) is 0 Å². The first-order valence-electron chi connectivity index (χ1n) is 9.79. The van der Waals surface area contributed by atoms with Crippen LogP contribution in [0.5, 0.6) is 0 Å². The van der Waals surface area contributed by atoms with E-state index >= 15 is 0 Å². The molecule has 2 fully saturated rings. The number of carbonyl (C=O) groups is 2. The highest BCUT2D eigenvalue weighted by Gasteiger charge is 2.36. The number of hydrogen-bond donors (Lipinski definition) is 1. The van der Waals surface area contributed by atoms with Crippen molar-refractivity contribution in [2.45, 2.75) is 58.8 Å². The van der Waals surface area contributed by atoms with Gasteiger partial charge in [-0.05, 0) is 50.7 Å². The van der Waals surface area contributed by atoms with E-state index in [9.17, 15) is 9.59 Å². The molecule has 3 rings (SSSR count). The zero-order chi connectivity index (χ0) is 18.5. The minimum absolute atomic E-state index is 0.0607. The van der Waals surface area contributed by atoms with Crippen LogP contribution in [0.15, 0.2) is 24.3 Å². The highest BCUT2D eigenvalue weighted by molar-refractivity contribution is 5.83. The number of piperidine rings is 1. The SMILES string of the molecule is CC(C)OCc1ccc(CNC(=O)[C@H]2CCCN(C(=O)C3CC3)C2)cc1. The van der Waals surface area contributed by atoms with Crippen molar-refractivity contribution in [1.29, 1.82) is 0 Å². The normalized spacial score (nSPS) is 20.3. The van der Waals surface area contributed by atoms with Crippen LogP contribution >= 0.6 is 0 Å². The second kappa shape index (κ2) is 8.67. The molecule has 1 saturated carbocycles. The van der Waals surface area contributed by atoms with Crippen molar-refractivity contribution in [3.63, 3.8) is 0 Å². The van der Waals surface area contributed by atoms with Crippen molar-refractivity contribution < 1.29 is 14.3 Å². The average molecular weight is 358 g/mol. The monoisotopic (exact) mass is 358 g/mol. The van der Waals surface area contributed by atoms with Crippen molar-refractivity contribution in [2.24, 2.45) is 11.8 Å². The number of nitrogens with zero attached hydrogens (tertiary/aromatic N) is 1. The topological polar surface area (TPSA) is 58.6 Å². The van der Waals surface area contributed by atoms with E-state index in [2.05, 4.69) is 5.32 Å². The zero-order valence-electron chi connectivity index (χ0n) is 15.9. The highest BCUT2D eigenvalue weighted by Crippen LogP contribution is 2.32. The molecule has 1 atom stereocenters. The first-order valence-corrected chi connectivity index (χ1v) is 9.79. The molecule has 1 aliphatic carbocycles. The third-order valence-corrected chi connectivity index (χ3v) is 5.10. The molecule has 1 N–H and O–H groups in total. The molecular weight excluding hydrogens is 328 g/mol. The molecule has 0 bridgehead atoms. The predicted octanol–water partition coefficient (Wildman–Crippen LogP) is 2.88. The molecule has 0 radical (unpaired) electrons. The maximum Gasteiger partial charge on any atom is 0.225 e. The van der Waals surface area contributed by atoms with Gasteiger partial charge in [0.2, 0.25) is 11.8 Å². The summed E-state index contributed by atoms with van der Waals surface area (Å²) < 4.78 is 5.59. The number of likely N-dealkylation sites (tertiary alicyclic amines) is 1.